The van der Waals surface area contributed by atoms with Gasteiger partial charge in [0.2, 0.25) is 11.8 Å². The fraction of sp³-hybridized carbons (Fsp3) is 0.550. The Bertz CT molecular complexity index is 653. The first kappa shape index (κ1) is 19.9. The van der Waals surface area contributed by atoms with E-state index in [0.717, 1.165) is 0 Å². The molecule has 6 nitrogen and oxygen atoms in total. The number of hydrogen-bond donors (Lipinski definition) is 1. The summed E-state index contributed by atoms with van der Waals surface area (Å²) in [6, 6.07) is 6.67. The van der Waals surface area contributed by atoms with Gasteiger partial charge in [-0.15, -0.1) is 0 Å². The van der Waals surface area contributed by atoms with E-state index in [1.165, 1.54) is 0 Å². The third kappa shape index (κ3) is 5.07. The number of carbonyl (C=O) groups excluding carboxylic acids is 3. The van der Waals surface area contributed by atoms with Crippen molar-refractivity contribution in [2.24, 2.45) is 11.3 Å². The van der Waals surface area contributed by atoms with Crippen molar-refractivity contribution in [3.8, 4) is 0 Å². The highest BCUT2D eigenvalue weighted by Crippen LogP contribution is 2.24. The third-order valence-corrected chi connectivity index (χ3v) is 4.46. The number of rotatable bonds is 4. The number of nitrogens with zero attached hydrogens (tertiary/aromatic N) is 1. The summed E-state index contributed by atoms with van der Waals surface area (Å²) in [5.74, 6) is -0.396. The van der Waals surface area contributed by atoms with Crippen LogP contribution in [0.15, 0.2) is 24.3 Å². The van der Waals surface area contributed by atoms with Gasteiger partial charge in [-0.05, 0) is 44.0 Å². The molecule has 1 aromatic rings. The summed E-state index contributed by atoms with van der Waals surface area (Å²) in [5.41, 5.74) is 0.713. The summed E-state index contributed by atoms with van der Waals surface area (Å²) in [7, 11) is 0. The lowest BCUT2D eigenvalue weighted by molar-refractivity contribution is -0.142. The van der Waals surface area contributed by atoms with E-state index in [4.69, 9.17) is 4.74 Å². The van der Waals surface area contributed by atoms with Crippen molar-refractivity contribution in [2.75, 3.05) is 25.0 Å². The zero-order chi connectivity index (χ0) is 19.3. The van der Waals surface area contributed by atoms with E-state index in [0.29, 0.717) is 43.8 Å². The molecule has 0 atom stereocenters. The molecule has 0 aliphatic carbocycles. The molecule has 0 unspecified atom stereocenters. The number of benzene rings is 1. The summed E-state index contributed by atoms with van der Waals surface area (Å²) >= 11 is 0. The molecular weight excluding hydrogens is 332 g/mol. The average Bonchev–Trinajstić information content (AvgIpc) is 2.61. The molecule has 1 aromatic carbocycles. The van der Waals surface area contributed by atoms with Gasteiger partial charge in [0.15, 0.2) is 0 Å². The Labute approximate surface area is 154 Å². The van der Waals surface area contributed by atoms with Crippen molar-refractivity contribution in [2.45, 2.75) is 40.5 Å². The second kappa shape index (κ2) is 8.34. The molecule has 1 heterocycles. The molecule has 1 fully saturated rings. The predicted octanol–water partition coefficient (Wildman–Crippen LogP) is 3.09. The van der Waals surface area contributed by atoms with Crippen LogP contribution in [0.4, 0.5) is 5.69 Å². The lowest BCUT2D eigenvalue weighted by Gasteiger charge is -2.35. The van der Waals surface area contributed by atoms with E-state index in [2.05, 4.69) is 5.32 Å². The number of amides is 2. The van der Waals surface area contributed by atoms with Gasteiger partial charge < -0.3 is 15.0 Å². The standard InChI is InChI=1S/C20H28N2O4/c1-5-26-18(24)15-6-8-16(9-7-15)21-17(23)14-10-12-22(13-11-14)19(25)20(2,3)4/h6-9,14H,5,10-13H2,1-4H3,(H,21,23). The van der Waals surface area contributed by atoms with Crippen molar-refractivity contribution in [1.82, 2.24) is 4.90 Å². The predicted molar refractivity (Wildman–Crippen MR) is 99.8 cm³/mol. The molecule has 2 rings (SSSR count). The number of piperidine rings is 1. The SMILES string of the molecule is CCOC(=O)c1ccc(NC(=O)C2CCN(C(=O)C(C)(C)C)CC2)cc1. The van der Waals surface area contributed by atoms with E-state index in [1.54, 1.807) is 31.2 Å². The summed E-state index contributed by atoms with van der Waals surface area (Å²) in [6.45, 7) is 9.03. The summed E-state index contributed by atoms with van der Waals surface area (Å²) in [5, 5.41) is 2.89. The number of carbonyl (C=O) groups is 3. The quantitative estimate of drug-likeness (QED) is 0.837. The minimum Gasteiger partial charge on any atom is -0.462 e. The lowest BCUT2D eigenvalue weighted by Crippen LogP contribution is -2.45. The van der Waals surface area contributed by atoms with Crippen molar-refractivity contribution in [3.05, 3.63) is 29.8 Å². The van der Waals surface area contributed by atoms with Crippen molar-refractivity contribution < 1.29 is 19.1 Å². The molecule has 0 spiro atoms. The summed E-state index contributed by atoms with van der Waals surface area (Å²) in [4.78, 5) is 38.2. The maximum absolute atomic E-state index is 12.5. The van der Waals surface area contributed by atoms with Gasteiger partial charge in [0.05, 0.1) is 12.2 Å². The highest BCUT2D eigenvalue weighted by atomic mass is 16.5. The molecule has 1 aliphatic heterocycles. The second-order valence-electron chi connectivity index (χ2n) is 7.60. The number of esters is 1. The highest BCUT2D eigenvalue weighted by Gasteiger charge is 2.32. The van der Waals surface area contributed by atoms with Crippen LogP contribution in [0, 0.1) is 11.3 Å². The fourth-order valence-corrected chi connectivity index (χ4v) is 2.97. The van der Waals surface area contributed by atoms with Crippen LogP contribution >= 0.6 is 0 Å². The first-order chi connectivity index (χ1) is 12.2. The first-order valence-corrected chi connectivity index (χ1v) is 9.09. The molecule has 0 aromatic heterocycles. The van der Waals surface area contributed by atoms with Gasteiger partial charge in [0.25, 0.3) is 0 Å². The van der Waals surface area contributed by atoms with E-state index >= 15 is 0 Å². The van der Waals surface area contributed by atoms with Crippen LogP contribution < -0.4 is 5.32 Å². The molecule has 1 saturated heterocycles. The van der Waals surface area contributed by atoms with Gasteiger partial charge >= 0.3 is 5.97 Å². The number of ether oxygens (including phenoxy) is 1. The van der Waals surface area contributed by atoms with Crippen molar-refractivity contribution in [1.29, 1.82) is 0 Å². The van der Waals surface area contributed by atoms with Crippen LogP contribution in [0.1, 0.15) is 50.9 Å². The number of hydrogen-bond acceptors (Lipinski definition) is 4. The molecule has 142 valence electrons. The van der Waals surface area contributed by atoms with Crippen LogP contribution in [0.25, 0.3) is 0 Å². The molecule has 6 heteroatoms. The van der Waals surface area contributed by atoms with Gasteiger partial charge in [0, 0.05) is 30.1 Å². The fourth-order valence-electron chi connectivity index (χ4n) is 2.97. The smallest absolute Gasteiger partial charge is 0.338 e. The Morgan fingerprint density at radius 3 is 2.19 bits per heavy atom. The second-order valence-corrected chi connectivity index (χ2v) is 7.60. The maximum atomic E-state index is 12.5. The Morgan fingerprint density at radius 2 is 1.69 bits per heavy atom. The molecule has 0 radical (unpaired) electrons. The minimum absolute atomic E-state index is 0.0447. The Hall–Kier alpha value is -2.37. The maximum Gasteiger partial charge on any atom is 0.338 e. The van der Waals surface area contributed by atoms with Crippen LogP contribution in [0.2, 0.25) is 0 Å². The molecule has 1 aliphatic rings. The van der Waals surface area contributed by atoms with Crippen molar-refractivity contribution in [3.63, 3.8) is 0 Å². The molecular formula is C20H28N2O4. The third-order valence-electron chi connectivity index (χ3n) is 4.46. The minimum atomic E-state index is -0.393. The van der Waals surface area contributed by atoms with Gasteiger partial charge in [-0.1, -0.05) is 20.8 Å². The van der Waals surface area contributed by atoms with Crippen LogP contribution in [-0.2, 0) is 14.3 Å². The lowest BCUT2D eigenvalue weighted by atomic mass is 9.90. The van der Waals surface area contributed by atoms with Gasteiger partial charge in [-0.3, -0.25) is 9.59 Å². The first-order valence-electron chi connectivity index (χ1n) is 9.09. The summed E-state index contributed by atoms with van der Waals surface area (Å²) in [6.07, 6.45) is 1.32. The van der Waals surface area contributed by atoms with Gasteiger partial charge in [0.1, 0.15) is 0 Å². The average molecular weight is 360 g/mol. The highest BCUT2D eigenvalue weighted by molar-refractivity contribution is 5.94. The zero-order valence-corrected chi connectivity index (χ0v) is 16.0. The topological polar surface area (TPSA) is 75.7 Å². The molecule has 1 N–H and O–H groups in total. The molecule has 0 saturated carbocycles. The number of likely N-dealkylation sites (tertiary alicyclic amines) is 1. The van der Waals surface area contributed by atoms with E-state index in [9.17, 15) is 14.4 Å². The van der Waals surface area contributed by atoms with E-state index in [1.807, 2.05) is 25.7 Å². The van der Waals surface area contributed by atoms with Crippen LogP contribution in [0.3, 0.4) is 0 Å². The molecule has 26 heavy (non-hydrogen) atoms. The van der Waals surface area contributed by atoms with Crippen LogP contribution in [-0.4, -0.2) is 42.4 Å². The number of anilines is 1. The van der Waals surface area contributed by atoms with Gasteiger partial charge in [-0.25, -0.2) is 4.79 Å². The van der Waals surface area contributed by atoms with E-state index < -0.39 is 5.41 Å². The Kier molecular flexibility index (Phi) is 6.40. The largest absolute Gasteiger partial charge is 0.462 e. The monoisotopic (exact) mass is 360 g/mol. The normalized spacial score (nSPS) is 15.5. The van der Waals surface area contributed by atoms with Gasteiger partial charge in [-0.2, -0.15) is 0 Å². The van der Waals surface area contributed by atoms with Crippen LogP contribution in [0.5, 0.6) is 0 Å². The van der Waals surface area contributed by atoms with E-state index in [-0.39, 0.29) is 23.7 Å². The van der Waals surface area contributed by atoms with Crippen molar-refractivity contribution >= 4 is 23.5 Å². The molecule has 0 bridgehead atoms. The Balaban J connectivity index is 1.87. The zero-order valence-electron chi connectivity index (χ0n) is 16.0. The Morgan fingerprint density at radius 1 is 1.12 bits per heavy atom. The summed E-state index contributed by atoms with van der Waals surface area (Å²) < 4.78 is 4.94. The number of nitrogens with one attached hydrogen (secondary N) is 1. The molecule has 2 amide bonds.